The van der Waals surface area contributed by atoms with E-state index in [1.54, 1.807) is 13.8 Å². The smallest absolute Gasteiger partial charge is 0.379 e. The third-order valence-corrected chi connectivity index (χ3v) is 12.5. The maximum atomic E-state index is 14.4. The Bertz CT molecular complexity index is 787. The normalized spacial score (nSPS) is 29.2. The number of halogens is 9. The fourth-order valence-corrected chi connectivity index (χ4v) is 9.46. The molecular formula is C21H36F9NO7Si2. The molecular weight excluding hydrogens is 605 g/mol. The molecule has 0 aliphatic carbocycles. The summed E-state index contributed by atoms with van der Waals surface area (Å²) in [7, 11) is -2.82. The van der Waals surface area contributed by atoms with Crippen LogP contribution in [0.15, 0.2) is 0 Å². The Morgan fingerprint density at radius 2 is 1.32 bits per heavy atom. The largest absolute Gasteiger partial charge is 0.502 e. The predicted octanol–water partition coefficient (Wildman–Crippen LogP) is 4.59. The Hall–Kier alpha value is -0.516. The van der Waals surface area contributed by atoms with Crippen LogP contribution in [0, 0.1) is 0 Å². The van der Waals surface area contributed by atoms with Crippen LogP contribution < -0.4 is 0 Å². The molecule has 0 aromatic heterocycles. The van der Waals surface area contributed by atoms with Crippen LogP contribution in [0.4, 0.5) is 39.5 Å². The van der Waals surface area contributed by atoms with Gasteiger partial charge in [-0.1, -0.05) is 0 Å². The summed E-state index contributed by atoms with van der Waals surface area (Å²) in [5.74, 6) is -19.5. The molecule has 19 heteroatoms. The van der Waals surface area contributed by atoms with E-state index >= 15 is 0 Å². The fraction of sp³-hybridized carbons (Fsp3) is 1.00. The first-order valence-corrected chi connectivity index (χ1v) is 16.3. The van der Waals surface area contributed by atoms with Crippen LogP contribution >= 0.6 is 0 Å². The van der Waals surface area contributed by atoms with E-state index in [-0.39, 0.29) is 32.8 Å². The van der Waals surface area contributed by atoms with Crippen LogP contribution in [-0.4, -0.2) is 119 Å². The molecule has 0 radical (unpaired) electrons. The molecule has 40 heavy (non-hydrogen) atoms. The van der Waals surface area contributed by atoms with Crippen LogP contribution in [0.25, 0.3) is 0 Å². The van der Waals surface area contributed by atoms with E-state index in [0.717, 1.165) is 0 Å². The highest BCUT2D eigenvalue weighted by Gasteiger charge is 2.81. The summed E-state index contributed by atoms with van der Waals surface area (Å²) in [6, 6.07) is -0.710. The van der Waals surface area contributed by atoms with E-state index in [1.807, 2.05) is 4.90 Å². The van der Waals surface area contributed by atoms with Crippen molar-refractivity contribution in [3.63, 3.8) is 0 Å². The molecule has 3 aliphatic rings. The van der Waals surface area contributed by atoms with E-state index in [4.69, 9.17) is 31.3 Å². The molecule has 3 heterocycles. The SMILES string of the molecule is CO[Si](CCCOCC1CN2CC(C)O[Si](CCC(F)(F)C(F)(F)C(F)(F)C(F)(F)F)(OC(C)C2)O1)(OC)OC. The Morgan fingerprint density at radius 3 is 1.80 bits per heavy atom. The summed E-state index contributed by atoms with van der Waals surface area (Å²) in [6.07, 6.45) is -10.8. The zero-order chi connectivity index (χ0) is 30.6. The van der Waals surface area contributed by atoms with Gasteiger partial charge in [0, 0.05) is 66.1 Å². The first-order valence-electron chi connectivity index (χ1n) is 12.5. The zero-order valence-corrected chi connectivity index (χ0v) is 24.8. The van der Waals surface area contributed by atoms with Crippen LogP contribution in [0.2, 0.25) is 12.1 Å². The number of ether oxygens (including phenoxy) is 1. The fourth-order valence-electron chi connectivity index (χ4n) is 4.60. The Balaban J connectivity index is 2.17. The molecule has 3 rings (SSSR count). The van der Waals surface area contributed by atoms with Crippen molar-refractivity contribution in [3.05, 3.63) is 0 Å². The van der Waals surface area contributed by atoms with Crippen molar-refractivity contribution in [3.8, 4) is 0 Å². The summed E-state index contributed by atoms with van der Waals surface area (Å²) in [6.45, 7) is 3.98. The topological polar surface area (TPSA) is 67.9 Å². The summed E-state index contributed by atoms with van der Waals surface area (Å²) in [4.78, 5) is 1.91. The van der Waals surface area contributed by atoms with Gasteiger partial charge in [0.2, 0.25) is 0 Å². The minimum absolute atomic E-state index is 0.0963. The van der Waals surface area contributed by atoms with Gasteiger partial charge in [-0.05, 0) is 20.3 Å². The summed E-state index contributed by atoms with van der Waals surface area (Å²) in [5.41, 5.74) is 0. The molecule has 0 amide bonds. The van der Waals surface area contributed by atoms with E-state index in [2.05, 4.69) is 0 Å². The Kier molecular flexibility index (Phi) is 12.0. The lowest BCUT2D eigenvalue weighted by Gasteiger charge is -2.46. The second kappa shape index (κ2) is 13.4. The predicted molar refractivity (Wildman–Crippen MR) is 126 cm³/mol. The zero-order valence-electron chi connectivity index (χ0n) is 22.8. The van der Waals surface area contributed by atoms with Gasteiger partial charge in [0.25, 0.3) is 0 Å². The molecule has 3 fully saturated rings. The molecule has 3 saturated heterocycles. The third kappa shape index (κ3) is 8.10. The molecule has 0 saturated carbocycles. The van der Waals surface area contributed by atoms with Gasteiger partial charge >= 0.3 is 41.6 Å². The minimum Gasteiger partial charge on any atom is -0.379 e. The van der Waals surface area contributed by atoms with Crippen molar-refractivity contribution in [2.24, 2.45) is 0 Å². The van der Waals surface area contributed by atoms with Crippen molar-refractivity contribution < 1.29 is 70.8 Å². The second-order valence-corrected chi connectivity index (χ2v) is 15.5. The highest BCUT2D eigenvalue weighted by atomic mass is 28.4. The average Bonchev–Trinajstić information content (AvgIpc) is 2.82. The van der Waals surface area contributed by atoms with Gasteiger partial charge in [0.05, 0.1) is 24.9 Å². The standard InChI is InChI=1S/C21H36F9NO7Si2/c1-15-11-31-12-16(2)37-40(36-15,10-7-18(22,23)19(24,25)20(26,27)21(28,29)30)38-17(13-31)14-35-8-6-9-39(32-3,33-4)34-5/h15-17H,6-14H2,1-5H3. The number of rotatable bonds is 14. The Labute approximate surface area is 229 Å². The van der Waals surface area contributed by atoms with Crippen molar-refractivity contribution in [2.75, 3.05) is 54.2 Å². The van der Waals surface area contributed by atoms with Gasteiger partial charge in [0.1, 0.15) is 0 Å². The molecule has 0 aromatic carbocycles. The second-order valence-electron chi connectivity index (χ2n) is 9.82. The molecule has 0 N–H and O–H groups in total. The highest BCUT2D eigenvalue weighted by molar-refractivity contribution is 6.61. The van der Waals surface area contributed by atoms with E-state index in [0.29, 0.717) is 12.5 Å². The molecule has 3 aliphatic heterocycles. The lowest BCUT2D eigenvalue weighted by molar-refractivity contribution is -0.396. The number of nitrogens with zero attached hydrogens (tertiary/aromatic N) is 1. The maximum absolute atomic E-state index is 14.4. The molecule has 8 nitrogen and oxygen atoms in total. The van der Waals surface area contributed by atoms with Gasteiger partial charge in [-0.15, -0.1) is 0 Å². The summed E-state index contributed by atoms with van der Waals surface area (Å²) in [5, 5.41) is 0. The average molecular weight is 642 g/mol. The van der Waals surface area contributed by atoms with Gasteiger partial charge in [-0.25, -0.2) is 0 Å². The monoisotopic (exact) mass is 641 g/mol. The van der Waals surface area contributed by atoms with Crippen molar-refractivity contribution in [1.82, 2.24) is 4.90 Å². The van der Waals surface area contributed by atoms with Crippen LogP contribution in [0.3, 0.4) is 0 Å². The highest BCUT2D eigenvalue weighted by Crippen LogP contribution is 2.54. The summed E-state index contributed by atoms with van der Waals surface area (Å²) >= 11 is 0. The van der Waals surface area contributed by atoms with Crippen LogP contribution in [0.5, 0.6) is 0 Å². The van der Waals surface area contributed by atoms with Crippen LogP contribution in [0.1, 0.15) is 26.7 Å². The third-order valence-electron chi connectivity index (χ3n) is 6.56. The van der Waals surface area contributed by atoms with Gasteiger partial charge < -0.3 is 31.3 Å². The lowest BCUT2D eigenvalue weighted by Crippen LogP contribution is -2.64. The first kappa shape index (κ1) is 35.7. The number of fused-ring (bicyclic) bond motifs is 6. The van der Waals surface area contributed by atoms with E-state index in [1.165, 1.54) is 21.3 Å². The van der Waals surface area contributed by atoms with Gasteiger partial charge in [-0.2, -0.15) is 39.5 Å². The molecule has 238 valence electrons. The quantitative estimate of drug-likeness (QED) is 0.155. The van der Waals surface area contributed by atoms with Crippen molar-refractivity contribution in [2.45, 2.75) is 81.0 Å². The molecule has 0 spiro atoms. The maximum Gasteiger partial charge on any atom is 0.502 e. The van der Waals surface area contributed by atoms with Crippen LogP contribution in [-0.2, 0) is 31.3 Å². The lowest BCUT2D eigenvalue weighted by atomic mass is 10.0. The molecule has 0 aromatic rings. The van der Waals surface area contributed by atoms with E-state index < -0.39 is 72.3 Å². The van der Waals surface area contributed by atoms with Gasteiger partial charge in [0.15, 0.2) is 0 Å². The van der Waals surface area contributed by atoms with E-state index in [9.17, 15) is 39.5 Å². The Morgan fingerprint density at radius 1 is 0.800 bits per heavy atom. The number of hydrogen-bond acceptors (Lipinski definition) is 8. The van der Waals surface area contributed by atoms with Gasteiger partial charge in [-0.3, -0.25) is 4.90 Å². The minimum atomic E-state index is -6.97. The first-order chi connectivity index (χ1) is 18.3. The molecule has 3 atom stereocenters. The molecule has 3 unspecified atom stereocenters. The number of alkyl halides is 9. The van der Waals surface area contributed by atoms with Crippen molar-refractivity contribution >= 4 is 17.6 Å². The molecule has 2 bridgehead atoms. The number of hydrogen-bond donors (Lipinski definition) is 0. The van der Waals surface area contributed by atoms with Crippen molar-refractivity contribution in [1.29, 1.82) is 0 Å². The summed E-state index contributed by atoms with van der Waals surface area (Å²) < 4.78 is 160.